The molecule has 0 aliphatic heterocycles. The minimum Gasteiger partial charge on any atom is -0.381 e. The molecule has 2 aromatic rings. The van der Waals surface area contributed by atoms with Crippen LogP contribution in [0.1, 0.15) is 5.56 Å². The van der Waals surface area contributed by atoms with E-state index < -0.39 is 11.6 Å². The molecule has 0 radical (unpaired) electrons. The van der Waals surface area contributed by atoms with Crippen molar-refractivity contribution in [3.05, 3.63) is 47.8 Å². The van der Waals surface area contributed by atoms with Crippen molar-refractivity contribution in [2.24, 2.45) is 0 Å². The first-order valence-corrected chi connectivity index (χ1v) is 5.78. The maximum Gasteiger partial charge on any atom is 0.156 e. The van der Waals surface area contributed by atoms with E-state index in [0.717, 1.165) is 6.07 Å². The quantitative estimate of drug-likeness (QED) is 0.854. The first kappa shape index (κ1) is 11.8. The van der Waals surface area contributed by atoms with Crippen LogP contribution < -0.4 is 5.73 Å². The molecule has 2 N–H and O–H groups in total. The Balaban J connectivity index is 2.10. The van der Waals surface area contributed by atoms with Gasteiger partial charge in [0.05, 0.1) is 0 Å². The Bertz CT molecular complexity index is 534. The van der Waals surface area contributed by atoms with Crippen molar-refractivity contribution in [1.29, 1.82) is 0 Å². The van der Waals surface area contributed by atoms with Gasteiger partial charge < -0.3 is 5.73 Å². The Labute approximate surface area is 101 Å². The standard InChI is InChI=1S/C11H9F2N3S/c12-8-2-1-7(9(13)5-8)6-17-11-10(14)15-3-4-16-11/h1-5H,6H2,(H2,14,15). The molecule has 0 bridgehead atoms. The third-order valence-electron chi connectivity index (χ3n) is 2.07. The molecule has 0 aliphatic rings. The van der Waals surface area contributed by atoms with Crippen molar-refractivity contribution in [2.45, 2.75) is 10.8 Å². The number of thioether (sulfide) groups is 1. The minimum atomic E-state index is -0.588. The van der Waals surface area contributed by atoms with Crippen LogP contribution in [0, 0.1) is 11.6 Å². The Morgan fingerprint density at radius 1 is 1.18 bits per heavy atom. The molecule has 1 aromatic carbocycles. The van der Waals surface area contributed by atoms with Crippen LogP contribution in [0.2, 0.25) is 0 Å². The van der Waals surface area contributed by atoms with Gasteiger partial charge in [0.1, 0.15) is 16.7 Å². The van der Waals surface area contributed by atoms with Crippen molar-refractivity contribution in [2.75, 3.05) is 5.73 Å². The van der Waals surface area contributed by atoms with Crippen molar-refractivity contribution in [1.82, 2.24) is 9.97 Å². The number of aromatic nitrogens is 2. The molecule has 88 valence electrons. The van der Waals surface area contributed by atoms with E-state index >= 15 is 0 Å². The number of nitrogen functional groups attached to an aromatic ring is 1. The number of hydrogen-bond acceptors (Lipinski definition) is 4. The topological polar surface area (TPSA) is 51.8 Å². The molecule has 0 saturated carbocycles. The molecule has 17 heavy (non-hydrogen) atoms. The summed E-state index contributed by atoms with van der Waals surface area (Å²) < 4.78 is 26.0. The molecule has 6 heteroatoms. The van der Waals surface area contributed by atoms with E-state index in [9.17, 15) is 8.78 Å². The summed E-state index contributed by atoms with van der Waals surface area (Å²) in [5.74, 6) is -0.523. The van der Waals surface area contributed by atoms with Gasteiger partial charge in [-0.25, -0.2) is 18.7 Å². The fourth-order valence-corrected chi connectivity index (χ4v) is 2.09. The van der Waals surface area contributed by atoms with Gasteiger partial charge in [0.15, 0.2) is 5.82 Å². The van der Waals surface area contributed by atoms with Gasteiger partial charge in [0, 0.05) is 24.2 Å². The lowest BCUT2D eigenvalue weighted by Gasteiger charge is -2.04. The van der Waals surface area contributed by atoms with Crippen LogP contribution in [0.4, 0.5) is 14.6 Å². The highest BCUT2D eigenvalue weighted by molar-refractivity contribution is 7.98. The summed E-state index contributed by atoms with van der Waals surface area (Å²) in [6, 6.07) is 3.49. The highest BCUT2D eigenvalue weighted by Gasteiger charge is 2.07. The predicted molar refractivity (Wildman–Crippen MR) is 62.4 cm³/mol. The number of benzene rings is 1. The highest BCUT2D eigenvalue weighted by atomic mass is 32.2. The third-order valence-corrected chi connectivity index (χ3v) is 3.11. The summed E-state index contributed by atoms with van der Waals surface area (Å²) in [6.07, 6.45) is 3.00. The summed E-state index contributed by atoms with van der Waals surface area (Å²) >= 11 is 1.26. The van der Waals surface area contributed by atoms with Crippen molar-refractivity contribution < 1.29 is 8.78 Å². The van der Waals surface area contributed by atoms with Gasteiger partial charge in [0.25, 0.3) is 0 Å². The van der Waals surface area contributed by atoms with Gasteiger partial charge in [0.2, 0.25) is 0 Å². The van der Waals surface area contributed by atoms with Crippen LogP contribution in [0.3, 0.4) is 0 Å². The third kappa shape index (κ3) is 2.91. The monoisotopic (exact) mass is 253 g/mol. The Morgan fingerprint density at radius 3 is 2.65 bits per heavy atom. The molecule has 1 heterocycles. The van der Waals surface area contributed by atoms with Gasteiger partial charge in [-0.15, -0.1) is 0 Å². The van der Waals surface area contributed by atoms with Gasteiger partial charge in [-0.2, -0.15) is 0 Å². The molecular weight excluding hydrogens is 244 g/mol. The predicted octanol–water partition coefficient (Wildman–Crippen LogP) is 2.63. The molecule has 0 aliphatic carbocycles. The Hall–Kier alpha value is -1.69. The average molecular weight is 253 g/mol. The van der Waals surface area contributed by atoms with Crippen molar-refractivity contribution in [3.8, 4) is 0 Å². The number of anilines is 1. The summed E-state index contributed by atoms with van der Waals surface area (Å²) in [4.78, 5) is 7.89. The lowest BCUT2D eigenvalue weighted by atomic mass is 10.2. The summed E-state index contributed by atoms with van der Waals surface area (Å²) in [7, 11) is 0. The Morgan fingerprint density at radius 2 is 1.94 bits per heavy atom. The first-order chi connectivity index (χ1) is 8.16. The zero-order chi connectivity index (χ0) is 12.3. The second-order valence-electron chi connectivity index (χ2n) is 3.27. The molecule has 1 aromatic heterocycles. The average Bonchev–Trinajstić information content (AvgIpc) is 2.30. The molecule has 2 rings (SSSR count). The number of nitrogens with two attached hydrogens (primary N) is 1. The SMILES string of the molecule is Nc1nccnc1SCc1ccc(F)cc1F. The smallest absolute Gasteiger partial charge is 0.156 e. The van der Waals surface area contributed by atoms with E-state index in [4.69, 9.17) is 5.73 Å². The van der Waals surface area contributed by atoms with Crippen LogP contribution >= 0.6 is 11.8 Å². The van der Waals surface area contributed by atoms with E-state index in [-0.39, 0.29) is 0 Å². The zero-order valence-electron chi connectivity index (χ0n) is 8.73. The summed E-state index contributed by atoms with van der Waals surface area (Å²) in [5, 5.41) is 0.538. The van der Waals surface area contributed by atoms with Crippen LogP contribution in [0.5, 0.6) is 0 Å². The lowest BCUT2D eigenvalue weighted by Crippen LogP contribution is -1.96. The normalized spacial score (nSPS) is 10.5. The lowest BCUT2D eigenvalue weighted by molar-refractivity contribution is 0.576. The van der Waals surface area contributed by atoms with Gasteiger partial charge >= 0.3 is 0 Å². The molecule has 0 spiro atoms. The molecule has 0 atom stereocenters. The molecular formula is C11H9F2N3S. The molecule has 3 nitrogen and oxygen atoms in total. The first-order valence-electron chi connectivity index (χ1n) is 4.80. The summed E-state index contributed by atoms with van der Waals surface area (Å²) in [5.41, 5.74) is 6.00. The van der Waals surface area contributed by atoms with Crippen LogP contribution in [-0.4, -0.2) is 9.97 Å². The fraction of sp³-hybridized carbons (Fsp3) is 0.0909. The number of halogens is 2. The van der Waals surface area contributed by atoms with E-state index in [2.05, 4.69) is 9.97 Å². The van der Waals surface area contributed by atoms with Gasteiger partial charge in [-0.1, -0.05) is 17.8 Å². The van der Waals surface area contributed by atoms with E-state index in [1.807, 2.05) is 0 Å². The van der Waals surface area contributed by atoms with Gasteiger partial charge in [-0.05, 0) is 11.6 Å². The Kier molecular flexibility index (Phi) is 3.53. The van der Waals surface area contributed by atoms with Crippen LogP contribution in [0.15, 0.2) is 35.6 Å². The largest absolute Gasteiger partial charge is 0.381 e. The van der Waals surface area contributed by atoms with Gasteiger partial charge in [-0.3, -0.25) is 0 Å². The van der Waals surface area contributed by atoms with Crippen LogP contribution in [-0.2, 0) is 5.75 Å². The van der Waals surface area contributed by atoms with Crippen molar-refractivity contribution >= 4 is 17.6 Å². The number of nitrogens with zero attached hydrogens (tertiary/aromatic N) is 2. The minimum absolute atomic E-state index is 0.306. The number of hydrogen-bond donors (Lipinski definition) is 1. The molecule has 0 saturated heterocycles. The fourth-order valence-electron chi connectivity index (χ4n) is 1.23. The second-order valence-corrected chi connectivity index (χ2v) is 4.24. The van der Waals surface area contributed by atoms with E-state index in [1.54, 1.807) is 0 Å². The maximum absolute atomic E-state index is 13.3. The molecule has 0 unspecified atom stereocenters. The summed E-state index contributed by atoms with van der Waals surface area (Å²) in [6.45, 7) is 0. The van der Waals surface area contributed by atoms with Crippen LogP contribution in [0.25, 0.3) is 0 Å². The highest BCUT2D eigenvalue weighted by Crippen LogP contribution is 2.25. The second kappa shape index (κ2) is 5.09. The number of rotatable bonds is 3. The maximum atomic E-state index is 13.3. The van der Waals surface area contributed by atoms with E-state index in [0.29, 0.717) is 22.2 Å². The zero-order valence-corrected chi connectivity index (χ0v) is 9.55. The van der Waals surface area contributed by atoms with Crippen molar-refractivity contribution in [3.63, 3.8) is 0 Å². The van der Waals surface area contributed by atoms with E-state index in [1.165, 1.54) is 36.3 Å². The molecule has 0 fully saturated rings. The molecule has 0 amide bonds.